The molecule has 0 spiro atoms. The largest absolute Gasteiger partial charge is 0.467 e. The monoisotopic (exact) mass is 349 g/mol. The molecule has 0 aliphatic rings. The van der Waals surface area contributed by atoms with Crippen LogP contribution in [0.15, 0.2) is 47.1 Å². The minimum absolute atomic E-state index is 0.313. The van der Waals surface area contributed by atoms with E-state index < -0.39 is 17.9 Å². The lowest BCUT2D eigenvalue weighted by atomic mass is 10.1. The Morgan fingerprint density at radius 1 is 1.29 bits per heavy atom. The zero-order chi connectivity index (χ0) is 15.2. The van der Waals surface area contributed by atoms with Crippen LogP contribution in [0.1, 0.15) is 22.1 Å². The number of nitrogens with zero attached hydrogens (tertiary/aromatic N) is 2. The first-order chi connectivity index (χ1) is 10.1. The Kier molecular flexibility index (Phi) is 4.99. The molecule has 21 heavy (non-hydrogen) atoms. The Balaban J connectivity index is 2.23. The number of halogens is 1. The van der Waals surface area contributed by atoms with E-state index in [0.717, 1.165) is 4.47 Å². The van der Waals surface area contributed by atoms with Crippen LogP contribution in [0.4, 0.5) is 0 Å². The van der Waals surface area contributed by atoms with E-state index >= 15 is 0 Å². The van der Waals surface area contributed by atoms with Crippen molar-refractivity contribution < 1.29 is 14.3 Å². The number of hydrogen-bond acceptors (Lipinski definition) is 5. The Morgan fingerprint density at radius 3 is 2.71 bits per heavy atom. The fraction of sp³-hybridized carbons (Fsp3) is 0.143. The Labute approximate surface area is 129 Å². The second-order valence-corrected chi connectivity index (χ2v) is 5.00. The first-order valence-electron chi connectivity index (χ1n) is 6.03. The average molecular weight is 350 g/mol. The molecule has 0 aliphatic heterocycles. The van der Waals surface area contributed by atoms with Gasteiger partial charge in [-0.15, -0.1) is 0 Å². The van der Waals surface area contributed by atoms with Gasteiger partial charge in [0.15, 0.2) is 6.04 Å². The molecular weight excluding hydrogens is 338 g/mol. The maximum atomic E-state index is 12.2. The van der Waals surface area contributed by atoms with Gasteiger partial charge in [0.25, 0.3) is 5.91 Å². The summed E-state index contributed by atoms with van der Waals surface area (Å²) in [4.78, 5) is 24.0. The summed E-state index contributed by atoms with van der Waals surface area (Å²) in [7, 11) is 1.25. The van der Waals surface area contributed by atoms with Crippen molar-refractivity contribution in [1.82, 2.24) is 15.5 Å². The summed E-state index contributed by atoms with van der Waals surface area (Å²) in [5.74, 6) is -1.02. The highest BCUT2D eigenvalue weighted by molar-refractivity contribution is 9.10. The van der Waals surface area contributed by atoms with Gasteiger partial charge in [0.1, 0.15) is 0 Å². The van der Waals surface area contributed by atoms with Gasteiger partial charge in [-0.3, -0.25) is 4.79 Å². The molecule has 7 heteroatoms. The van der Waals surface area contributed by atoms with E-state index in [0.29, 0.717) is 11.3 Å². The van der Waals surface area contributed by atoms with Crippen LogP contribution in [0.25, 0.3) is 0 Å². The summed E-state index contributed by atoms with van der Waals surface area (Å²) < 4.78 is 5.46. The third kappa shape index (κ3) is 3.85. The molecule has 1 N–H and O–H groups in total. The van der Waals surface area contributed by atoms with E-state index in [1.165, 1.54) is 13.3 Å². The van der Waals surface area contributed by atoms with Crippen LogP contribution in [0.5, 0.6) is 0 Å². The summed E-state index contributed by atoms with van der Waals surface area (Å²) in [6.45, 7) is 0. The fourth-order valence-corrected chi connectivity index (χ4v) is 2.08. The maximum Gasteiger partial charge on any atom is 0.334 e. The number of methoxy groups -OCH3 is 1. The van der Waals surface area contributed by atoms with Crippen molar-refractivity contribution in [2.24, 2.45) is 0 Å². The van der Waals surface area contributed by atoms with Gasteiger partial charge in [0.2, 0.25) is 0 Å². The topological polar surface area (TPSA) is 81.2 Å². The Morgan fingerprint density at radius 2 is 2.10 bits per heavy atom. The van der Waals surface area contributed by atoms with E-state index in [1.807, 2.05) is 0 Å². The van der Waals surface area contributed by atoms with Gasteiger partial charge in [0.05, 0.1) is 12.8 Å². The molecule has 0 unspecified atom stereocenters. The quantitative estimate of drug-likeness (QED) is 0.852. The van der Waals surface area contributed by atoms with Crippen LogP contribution in [0.3, 0.4) is 0 Å². The molecule has 2 aromatic rings. The van der Waals surface area contributed by atoms with Crippen LogP contribution in [-0.4, -0.2) is 29.2 Å². The number of carbonyl (C=O) groups is 2. The van der Waals surface area contributed by atoms with Crippen molar-refractivity contribution >= 4 is 27.8 Å². The van der Waals surface area contributed by atoms with Gasteiger partial charge in [-0.25, -0.2) is 4.79 Å². The summed E-state index contributed by atoms with van der Waals surface area (Å²) >= 11 is 3.29. The normalized spacial score (nSPS) is 11.5. The highest BCUT2D eigenvalue weighted by Gasteiger charge is 2.25. The number of nitrogens with one attached hydrogen (secondary N) is 1. The predicted octanol–water partition coefficient (Wildman–Crippen LogP) is 1.88. The van der Waals surface area contributed by atoms with Gasteiger partial charge in [-0.1, -0.05) is 22.0 Å². The molecule has 0 fully saturated rings. The fourth-order valence-electron chi connectivity index (χ4n) is 1.68. The van der Waals surface area contributed by atoms with Crippen molar-refractivity contribution in [1.29, 1.82) is 0 Å². The average Bonchev–Trinajstić information content (AvgIpc) is 2.52. The van der Waals surface area contributed by atoms with E-state index in [9.17, 15) is 9.59 Å². The zero-order valence-electron chi connectivity index (χ0n) is 11.1. The maximum absolute atomic E-state index is 12.2. The summed E-state index contributed by atoms with van der Waals surface area (Å²) in [6, 6.07) is 9.05. The van der Waals surface area contributed by atoms with Crippen LogP contribution >= 0.6 is 15.9 Å². The van der Waals surface area contributed by atoms with Crippen molar-refractivity contribution in [3.63, 3.8) is 0 Å². The predicted molar refractivity (Wildman–Crippen MR) is 78.4 cm³/mol. The molecule has 2 rings (SSSR count). The number of rotatable bonds is 4. The second-order valence-electron chi connectivity index (χ2n) is 4.09. The summed E-state index contributed by atoms with van der Waals surface area (Å²) in [5.41, 5.74) is 0.731. The highest BCUT2D eigenvalue weighted by Crippen LogP contribution is 2.15. The molecule has 1 aromatic heterocycles. The molecule has 0 saturated heterocycles. The minimum atomic E-state index is -1.00. The number of esters is 1. The number of hydrogen-bond donors (Lipinski definition) is 1. The third-order valence-electron chi connectivity index (χ3n) is 2.69. The van der Waals surface area contributed by atoms with Crippen molar-refractivity contribution in [3.8, 4) is 0 Å². The molecule has 0 radical (unpaired) electrons. The Hall–Kier alpha value is -2.28. The molecular formula is C14H12BrN3O3. The number of aromatic nitrogens is 2. The van der Waals surface area contributed by atoms with Crippen molar-refractivity contribution in [2.45, 2.75) is 6.04 Å². The highest BCUT2D eigenvalue weighted by atomic mass is 79.9. The third-order valence-corrected chi connectivity index (χ3v) is 3.18. The molecule has 108 valence electrons. The van der Waals surface area contributed by atoms with E-state index in [-0.39, 0.29) is 0 Å². The van der Waals surface area contributed by atoms with Gasteiger partial charge in [0, 0.05) is 16.2 Å². The number of benzene rings is 1. The molecule has 0 bridgehead atoms. The lowest BCUT2D eigenvalue weighted by Gasteiger charge is -2.15. The van der Waals surface area contributed by atoms with Gasteiger partial charge in [-0.05, 0) is 30.3 Å². The van der Waals surface area contributed by atoms with E-state index in [2.05, 4.69) is 31.4 Å². The lowest BCUT2D eigenvalue weighted by molar-refractivity contribution is -0.143. The first-order valence-corrected chi connectivity index (χ1v) is 6.83. The molecule has 1 aromatic carbocycles. The molecule has 1 amide bonds. The zero-order valence-corrected chi connectivity index (χ0v) is 12.7. The Bertz CT molecular complexity index is 649. The standard InChI is InChI=1S/C14H12BrN3O3/c1-21-14(20)12(11-6-3-7-16-18-11)17-13(19)9-4-2-5-10(15)8-9/h2-8,12H,1H3,(H,17,19)/t12-/m1/s1. The van der Waals surface area contributed by atoms with Crippen LogP contribution in [-0.2, 0) is 9.53 Å². The van der Waals surface area contributed by atoms with E-state index in [4.69, 9.17) is 4.74 Å². The van der Waals surface area contributed by atoms with Crippen LogP contribution in [0.2, 0.25) is 0 Å². The number of ether oxygens (including phenoxy) is 1. The van der Waals surface area contributed by atoms with Gasteiger partial charge in [-0.2, -0.15) is 10.2 Å². The molecule has 0 aliphatic carbocycles. The lowest BCUT2D eigenvalue weighted by Crippen LogP contribution is -2.35. The SMILES string of the molecule is COC(=O)[C@H](NC(=O)c1cccc(Br)c1)c1cccnn1. The molecule has 1 heterocycles. The number of amides is 1. The smallest absolute Gasteiger partial charge is 0.334 e. The van der Waals surface area contributed by atoms with Crippen molar-refractivity contribution in [2.75, 3.05) is 7.11 Å². The molecule has 1 atom stereocenters. The minimum Gasteiger partial charge on any atom is -0.467 e. The summed E-state index contributed by atoms with van der Waals surface area (Å²) in [5, 5.41) is 10.1. The van der Waals surface area contributed by atoms with Crippen LogP contribution < -0.4 is 5.32 Å². The summed E-state index contributed by atoms with van der Waals surface area (Å²) in [6.07, 6.45) is 1.48. The van der Waals surface area contributed by atoms with E-state index in [1.54, 1.807) is 36.4 Å². The van der Waals surface area contributed by atoms with Gasteiger partial charge >= 0.3 is 5.97 Å². The first kappa shape index (κ1) is 15.1. The van der Waals surface area contributed by atoms with Gasteiger partial charge < -0.3 is 10.1 Å². The van der Waals surface area contributed by atoms with Crippen LogP contribution in [0, 0.1) is 0 Å². The van der Waals surface area contributed by atoms with Crippen molar-refractivity contribution in [3.05, 3.63) is 58.3 Å². The molecule has 0 saturated carbocycles. The number of carbonyl (C=O) groups excluding carboxylic acids is 2. The second kappa shape index (κ2) is 6.94. The molecule has 6 nitrogen and oxygen atoms in total.